The molecule has 2 aliphatic heterocycles. The summed E-state index contributed by atoms with van der Waals surface area (Å²) < 4.78 is 0. The quantitative estimate of drug-likeness (QED) is 0.736. The molecule has 2 amide bonds. The van der Waals surface area contributed by atoms with Crippen LogP contribution in [0.5, 0.6) is 0 Å². The molecule has 0 unspecified atom stereocenters. The summed E-state index contributed by atoms with van der Waals surface area (Å²) in [5.41, 5.74) is 2.01. The summed E-state index contributed by atoms with van der Waals surface area (Å²) in [5, 5.41) is 2.82. The lowest BCUT2D eigenvalue weighted by Crippen LogP contribution is -2.49. The smallest absolute Gasteiger partial charge is 0.253 e. The highest BCUT2D eigenvalue weighted by Crippen LogP contribution is 2.15. The first-order valence-electron chi connectivity index (χ1n) is 9.86. The minimum Gasteiger partial charge on any atom is -0.352 e. The van der Waals surface area contributed by atoms with E-state index in [1.54, 1.807) is 6.08 Å². The van der Waals surface area contributed by atoms with E-state index in [-0.39, 0.29) is 11.8 Å². The molecule has 0 aromatic heterocycles. The Kier molecular flexibility index (Phi) is 7.01. The lowest BCUT2D eigenvalue weighted by atomic mass is 10.1. The van der Waals surface area contributed by atoms with Gasteiger partial charge in [0.2, 0.25) is 5.91 Å². The molecule has 0 spiro atoms. The lowest BCUT2D eigenvalue weighted by molar-refractivity contribution is -0.122. The molecule has 1 N–H and O–H groups in total. The Labute approximate surface area is 161 Å². The van der Waals surface area contributed by atoms with Crippen LogP contribution in [-0.2, 0) is 11.3 Å². The largest absolute Gasteiger partial charge is 0.352 e. The Morgan fingerprint density at radius 1 is 0.963 bits per heavy atom. The number of carbonyl (C=O) groups is 2. The number of nitrogens with zero attached hydrogens (tertiary/aromatic N) is 3. The number of nitrogens with one attached hydrogen (secondary N) is 1. The maximum absolute atomic E-state index is 12.4. The van der Waals surface area contributed by atoms with Gasteiger partial charge in [-0.25, -0.2) is 0 Å². The van der Waals surface area contributed by atoms with Gasteiger partial charge in [-0.15, -0.1) is 6.58 Å². The number of hydrogen-bond acceptors (Lipinski definition) is 4. The zero-order valence-electron chi connectivity index (χ0n) is 16.0. The zero-order valence-corrected chi connectivity index (χ0v) is 16.0. The standard InChI is InChI=1S/C21H30N4O2/c1-2-9-22-20(26)17-24-14-12-23(13-15-24)16-18-5-7-19(8-6-18)21(27)25-10-3-4-11-25/h2,5-8H,1,3-4,9-17H2,(H,22,26). The minimum absolute atomic E-state index is 0.0570. The zero-order chi connectivity index (χ0) is 19.1. The van der Waals surface area contributed by atoms with E-state index in [1.807, 2.05) is 17.0 Å². The van der Waals surface area contributed by atoms with Crippen LogP contribution in [0, 0.1) is 0 Å². The fourth-order valence-corrected chi connectivity index (χ4v) is 3.66. The summed E-state index contributed by atoms with van der Waals surface area (Å²) in [6.45, 7) is 10.9. The van der Waals surface area contributed by atoms with Crippen LogP contribution in [0.3, 0.4) is 0 Å². The third kappa shape index (κ3) is 5.65. The summed E-state index contributed by atoms with van der Waals surface area (Å²) in [6, 6.07) is 8.04. The van der Waals surface area contributed by atoms with Crippen molar-refractivity contribution in [1.29, 1.82) is 0 Å². The first-order valence-corrected chi connectivity index (χ1v) is 9.86. The molecule has 0 aliphatic carbocycles. The van der Waals surface area contributed by atoms with Crippen molar-refractivity contribution in [2.45, 2.75) is 19.4 Å². The van der Waals surface area contributed by atoms with E-state index in [4.69, 9.17) is 0 Å². The molecule has 0 saturated carbocycles. The summed E-state index contributed by atoms with van der Waals surface area (Å²) in [4.78, 5) is 30.7. The van der Waals surface area contributed by atoms with Gasteiger partial charge in [-0.05, 0) is 30.5 Å². The molecule has 0 radical (unpaired) electrons. The third-order valence-corrected chi connectivity index (χ3v) is 5.28. The van der Waals surface area contributed by atoms with Gasteiger partial charge < -0.3 is 10.2 Å². The van der Waals surface area contributed by atoms with Crippen LogP contribution < -0.4 is 5.32 Å². The molecule has 27 heavy (non-hydrogen) atoms. The van der Waals surface area contributed by atoms with Crippen LogP contribution >= 0.6 is 0 Å². The molecular formula is C21H30N4O2. The molecular weight excluding hydrogens is 340 g/mol. The first kappa shape index (κ1) is 19.6. The van der Waals surface area contributed by atoms with Crippen molar-refractivity contribution < 1.29 is 9.59 Å². The number of amides is 2. The molecule has 3 rings (SSSR count). The summed E-state index contributed by atoms with van der Waals surface area (Å²) in [7, 11) is 0. The van der Waals surface area contributed by atoms with E-state index in [9.17, 15) is 9.59 Å². The van der Waals surface area contributed by atoms with Crippen LogP contribution in [0.1, 0.15) is 28.8 Å². The van der Waals surface area contributed by atoms with Crippen molar-refractivity contribution in [3.8, 4) is 0 Å². The Bertz CT molecular complexity index is 645. The topological polar surface area (TPSA) is 55.9 Å². The van der Waals surface area contributed by atoms with Gasteiger partial charge in [0.1, 0.15) is 0 Å². The van der Waals surface area contributed by atoms with Crippen LogP contribution in [0.25, 0.3) is 0 Å². The molecule has 2 heterocycles. The monoisotopic (exact) mass is 370 g/mol. The third-order valence-electron chi connectivity index (χ3n) is 5.28. The van der Waals surface area contributed by atoms with Crippen molar-refractivity contribution in [3.63, 3.8) is 0 Å². The Balaban J connectivity index is 1.43. The fraction of sp³-hybridized carbons (Fsp3) is 0.524. The average molecular weight is 370 g/mol. The van der Waals surface area contributed by atoms with Crippen LogP contribution in [0.15, 0.2) is 36.9 Å². The van der Waals surface area contributed by atoms with E-state index in [0.29, 0.717) is 13.1 Å². The van der Waals surface area contributed by atoms with E-state index in [2.05, 4.69) is 33.8 Å². The molecule has 0 atom stereocenters. The molecule has 0 bridgehead atoms. The molecule has 2 fully saturated rings. The summed E-state index contributed by atoms with van der Waals surface area (Å²) in [5.74, 6) is 0.212. The number of likely N-dealkylation sites (tertiary alicyclic amines) is 1. The highest BCUT2D eigenvalue weighted by Gasteiger charge is 2.20. The maximum Gasteiger partial charge on any atom is 0.253 e. The van der Waals surface area contributed by atoms with Crippen LogP contribution in [-0.4, -0.2) is 78.9 Å². The SMILES string of the molecule is C=CCNC(=O)CN1CCN(Cc2ccc(C(=O)N3CCCC3)cc2)CC1. The van der Waals surface area contributed by atoms with Gasteiger partial charge in [0, 0.05) is 57.9 Å². The van der Waals surface area contributed by atoms with Crippen LogP contribution in [0.4, 0.5) is 0 Å². The number of carbonyl (C=O) groups excluding carboxylic acids is 2. The van der Waals surface area contributed by atoms with Crippen molar-refractivity contribution >= 4 is 11.8 Å². The first-order chi connectivity index (χ1) is 13.2. The van der Waals surface area contributed by atoms with Gasteiger partial charge in [0.25, 0.3) is 5.91 Å². The lowest BCUT2D eigenvalue weighted by Gasteiger charge is -2.34. The predicted octanol–water partition coefficient (Wildman–Crippen LogP) is 1.34. The fourth-order valence-electron chi connectivity index (χ4n) is 3.66. The van der Waals surface area contributed by atoms with Gasteiger partial charge in [-0.1, -0.05) is 18.2 Å². The van der Waals surface area contributed by atoms with Gasteiger partial charge in [-0.3, -0.25) is 19.4 Å². The summed E-state index contributed by atoms with van der Waals surface area (Å²) >= 11 is 0. The van der Waals surface area contributed by atoms with Crippen molar-refractivity contribution in [2.24, 2.45) is 0 Å². The highest BCUT2D eigenvalue weighted by molar-refractivity contribution is 5.94. The highest BCUT2D eigenvalue weighted by atomic mass is 16.2. The molecule has 6 nitrogen and oxygen atoms in total. The van der Waals surface area contributed by atoms with E-state index in [0.717, 1.165) is 64.2 Å². The second-order valence-electron chi connectivity index (χ2n) is 7.34. The minimum atomic E-state index is 0.0570. The molecule has 1 aromatic rings. The van der Waals surface area contributed by atoms with Crippen LogP contribution in [0.2, 0.25) is 0 Å². The van der Waals surface area contributed by atoms with Crippen molar-refractivity contribution in [2.75, 3.05) is 52.4 Å². The van der Waals surface area contributed by atoms with Gasteiger partial charge in [-0.2, -0.15) is 0 Å². The van der Waals surface area contributed by atoms with Gasteiger partial charge in [0.15, 0.2) is 0 Å². The molecule has 146 valence electrons. The van der Waals surface area contributed by atoms with Crippen molar-refractivity contribution in [3.05, 3.63) is 48.0 Å². The van der Waals surface area contributed by atoms with E-state index in [1.165, 1.54) is 5.56 Å². The molecule has 6 heteroatoms. The molecule has 2 aliphatic rings. The number of benzene rings is 1. The Morgan fingerprint density at radius 3 is 2.22 bits per heavy atom. The molecule has 2 saturated heterocycles. The maximum atomic E-state index is 12.4. The second-order valence-corrected chi connectivity index (χ2v) is 7.34. The molecule has 1 aromatic carbocycles. The van der Waals surface area contributed by atoms with E-state index < -0.39 is 0 Å². The average Bonchev–Trinajstić information content (AvgIpc) is 3.23. The van der Waals surface area contributed by atoms with E-state index >= 15 is 0 Å². The Morgan fingerprint density at radius 2 is 1.59 bits per heavy atom. The van der Waals surface area contributed by atoms with Crippen molar-refractivity contribution in [1.82, 2.24) is 20.0 Å². The number of piperazine rings is 1. The predicted molar refractivity (Wildman–Crippen MR) is 107 cm³/mol. The van der Waals surface area contributed by atoms with Gasteiger partial charge >= 0.3 is 0 Å². The number of hydrogen-bond donors (Lipinski definition) is 1. The number of rotatable bonds is 7. The normalized spacial score (nSPS) is 18.4. The summed E-state index contributed by atoms with van der Waals surface area (Å²) in [6.07, 6.45) is 3.93. The second kappa shape index (κ2) is 9.67. The van der Waals surface area contributed by atoms with Gasteiger partial charge in [0.05, 0.1) is 6.54 Å². The Hall–Kier alpha value is -2.18.